The average Bonchev–Trinajstić information content (AvgIpc) is 3.16. The van der Waals surface area contributed by atoms with Crippen molar-refractivity contribution in [3.05, 3.63) is 53.9 Å². The molecule has 9 nitrogen and oxygen atoms in total. The van der Waals surface area contributed by atoms with Gasteiger partial charge in [0.2, 0.25) is 5.88 Å². The quantitative estimate of drug-likeness (QED) is 0.560. The second kappa shape index (κ2) is 9.57. The Morgan fingerprint density at radius 2 is 1.71 bits per heavy atom. The molecule has 1 amide bonds. The normalized spacial score (nSPS) is 14.6. The Kier molecular flexibility index (Phi) is 6.57. The van der Waals surface area contributed by atoms with Crippen LogP contribution in [0.4, 0.5) is 18.9 Å². The number of alkyl halides is 3. The molecule has 0 saturated carbocycles. The van der Waals surface area contributed by atoms with E-state index in [1.165, 1.54) is 24.1 Å². The van der Waals surface area contributed by atoms with E-state index < -0.39 is 23.3 Å². The molecule has 0 aliphatic carbocycles. The van der Waals surface area contributed by atoms with Crippen molar-refractivity contribution in [3.63, 3.8) is 0 Å². The Balaban J connectivity index is 1.56. The van der Waals surface area contributed by atoms with Crippen LogP contribution in [0.25, 0.3) is 5.82 Å². The van der Waals surface area contributed by atoms with Gasteiger partial charge in [-0.2, -0.15) is 18.3 Å². The molecule has 0 spiro atoms. The zero-order valence-corrected chi connectivity index (χ0v) is 18.6. The van der Waals surface area contributed by atoms with E-state index in [9.17, 15) is 18.0 Å². The molecule has 0 N–H and O–H groups in total. The van der Waals surface area contributed by atoms with Crippen LogP contribution < -0.4 is 14.4 Å². The molecule has 3 heterocycles. The van der Waals surface area contributed by atoms with Gasteiger partial charge in [0.1, 0.15) is 5.75 Å². The maximum atomic E-state index is 14.0. The fourth-order valence-electron chi connectivity index (χ4n) is 3.83. The van der Waals surface area contributed by atoms with Crippen LogP contribution >= 0.6 is 0 Å². The maximum absolute atomic E-state index is 14.0. The monoisotopic (exact) mass is 476 g/mol. The summed E-state index contributed by atoms with van der Waals surface area (Å²) in [6, 6.07) is 10.2. The van der Waals surface area contributed by atoms with Crippen LogP contribution in [0.1, 0.15) is 22.5 Å². The number of anilines is 1. The van der Waals surface area contributed by atoms with E-state index >= 15 is 0 Å². The number of ether oxygens (including phenoxy) is 2. The van der Waals surface area contributed by atoms with Gasteiger partial charge in [-0.3, -0.25) is 4.79 Å². The Morgan fingerprint density at radius 1 is 0.941 bits per heavy atom. The molecule has 2 aromatic heterocycles. The largest absolute Gasteiger partial charge is 0.497 e. The molecule has 12 heteroatoms. The van der Waals surface area contributed by atoms with Gasteiger partial charge in [0.25, 0.3) is 5.91 Å². The number of carbonyl (C=O) groups is 1. The lowest BCUT2D eigenvalue weighted by molar-refractivity contribution is -0.143. The number of rotatable bonds is 5. The molecular weight excluding hydrogens is 453 g/mol. The third-order valence-corrected chi connectivity index (χ3v) is 5.54. The van der Waals surface area contributed by atoms with Crippen LogP contribution in [0.3, 0.4) is 0 Å². The Labute approximate surface area is 193 Å². The van der Waals surface area contributed by atoms with Crippen LogP contribution in [-0.4, -0.2) is 71.2 Å². The minimum Gasteiger partial charge on any atom is -0.497 e. The molecule has 0 bridgehead atoms. The Hall–Kier alpha value is -3.83. The molecule has 3 aromatic rings. The molecule has 1 aliphatic rings. The first-order chi connectivity index (χ1) is 16.3. The molecule has 0 radical (unpaired) electrons. The number of aromatic nitrogens is 4. The molecule has 4 rings (SSSR count). The smallest absolute Gasteiger partial charge is 0.434 e. The van der Waals surface area contributed by atoms with E-state index in [0.29, 0.717) is 30.7 Å². The highest BCUT2D eigenvalue weighted by Crippen LogP contribution is 2.34. The standard InChI is InChI=1S/C22H23F3N6O3/c1-33-16-6-4-15(5-7-16)29-10-3-11-30(13-12-29)21(32)17-14-26-31(20(17)22(23,24)25)18-8-9-19(34-2)28-27-18/h4-9,14H,3,10-13H2,1-2H3. The topological polar surface area (TPSA) is 85.6 Å². The van der Waals surface area contributed by atoms with Crippen molar-refractivity contribution in [2.24, 2.45) is 0 Å². The fraction of sp³-hybridized carbons (Fsp3) is 0.364. The predicted molar refractivity (Wildman–Crippen MR) is 116 cm³/mol. The van der Waals surface area contributed by atoms with Crippen LogP contribution in [-0.2, 0) is 6.18 Å². The first-order valence-corrected chi connectivity index (χ1v) is 10.5. The predicted octanol–water partition coefficient (Wildman–Crippen LogP) is 3.05. The molecule has 34 heavy (non-hydrogen) atoms. The van der Waals surface area contributed by atoms with Gasteiger partial charge in [-0.05, 0) is 36.8 Å². The lowest BCUT2D eigenvalue weighted by Crippen LogP contribution is -2.36. The van der Waals surface area contributed by atoms with Gasteiger partial charge in [0.05, 0.1) is 26.0 Å². The van der Waals surface area contributed by atoms with E-state index in [2.05, 4.69) is 20.2 Å². The first kappa shape index (κ1) is 23.3. The van der Waals surface area contributed by atoms with Gasteiger partial charge < -0.3 is 19.3 Å². The summed E-state index contributed by atoms with van der Waals surface area (Å²) in [6.07, 6.45) is -3.29. The fourth-order valence-corrected chi connectivity index (χ4v) is 3.83. The van der Waals surface area contributed by atoms with Crippen molar-refractivity contribution >= 4 is 11.6 Å². The van der Waals surface area contributed by atoms with Gasteiger partial charge in [0.15, 0.2) is 11.5 Å². The molecule has 0 atom stereocenters. The van der Waals surface area contributed by atoms with E-state index in [4.69, 9.17) is 9.47 Å². The van der Waals surface area contributed by atoms with Crippen molar-refractivity contribution in [1.29, 1.82) is 0 Å². The summed E-state index contributed by atoms with van der Waals surface area (Å²) >= 11 is 0. The molecule has 180 valence electrons. The zero-order valence-electron chi connectivity index (χ0n) is 18.6. The van der Waals surface area contributed by atoms with Gasteiger partial charge in [-0.15, -0.1) is 10.2 Å². The van der Waals surface area contributed by atoms with Gasteiger partial charge in [-0.1, -0.05) is 0 Å². The number of halogens is 3. The summed E-state index contributed by atoms with van der Waals surface area (Å²) in [5.74, 6) is -0.0225. The molecule has 1 aliphatic heterocycles. The van der Waals surface area contributed by atoms with Gasteiger partial charge >= 0.3 is 6.18 Å². The lowest BCUT2D eigenvalue weighted by Gasteiger charge is -2.24. The zero-order chi connectivity index (χ0) is 24.3. The SMILES string of the molecule is COc1ccc(N2CCCN(C(=O)c3cnn(-c4ccc(OC)nn4)c3C(F)(F)F)CC2)cc1. The molecule has 1 fully saturated rings. The average molecular weight is 476 g/mol. The van der Waals surface area contributed by atoms with Crippen LogP contribution in [0.2, 0.25) is 0 Å². The number of benzene rings is 1. The number of nitrogens with zero attached hydrogens (tertiary/aromatic N) is 6. The van der Waals surface area contributed by atoms with Gasteiger partial charge in [0, 0.05) is 37.9 Å². The second-order valence-corrected chi connectivity index (χ2v) is 7.58. The summed E-state index contributed by atoms with van der Waals surface area (Å²) in [6.45, 7) is 1.76. The number of hydrogen-bond acceptors (Lipinski definition) is 7. The maximum Gasteiger partial charge on any atom is 0.434 e. The van der Waals surface area contributed by atoms with E-state index in [-0.39, 0.29) is 18.2 Å². The highest BCUT2D eigenvalue weighted by atomic mass is 19.4. The van der Waals surface area contributed by atoms with Crippen LogP contribution in [0.15, 0.2) is 42.6 Å². The molecule has 0 unspecified atom stereocenters. The summed E-state index contributed by atoms with van der Waals surface area (Å²) in [5, 5.41) is 11.2. The van der Waals surface area contributed by atoms with E-state index in [1.807, 2.05) is 24.3 Å². The second-order valence-electron chi connectivity index (χ2n) is 7.58. The van der Waals surface area contributed by atoms with Crippen molar-refractivity contribution in [2.75, 3.05) is 45.3 Å². The summed E-state index contributed by atoms with van der Waals surface area (Å²) < 4.78 is 52.7. The number of hydrogen-bond donors (Lipinski definition) is 0. The highest BCUT2D eigenvalue weighted by Gasteiger charge is 2.42. The number of carbonyl (C=O) groups excluding carboxylic acids is 1. The van der Waals surface area contributed by atoms with E-state index in [0.717, 1.165) is 17.6 Å². The van der Waals surface area contributed by atoms with Crippen LogP contribution in [0.5, 0.6) is 11.6 Å². The Bertz CT molecular complexity index is 1130. The summed E-state index contributed by atoms with van der Waals surface area (Å²) in [5.41, 5.74) is -0.756. The Morgan fingerprint density at radius 3 is 2.32 bits per heavy atom. The first-order valence-electron chi connectivity index (χ1n) is 10.5. The van der Waals surface area contributed by atoms with Crippen molar-refractivity contribution < 1.29 is 27.4 Å². The van der Waals surface area contributed by atoms with Gasteiger partial charge in [-0.25, -0.2) is 4.68 Å². The highest BCUT2D eigenvalue weighted by molar-refractivity contribution is 5.95. The molecular formula is C22H23F3N6O3. The number of methoxy groups -OCH3 is 2. The minimum absolute atomic E-state index is 0.145. The number of amides is 1. The van der Waals surface area contributed by atoms with Crippen molar-refractivity contribution in [1.82, 2.24) is 24.9 Å². The van der Waals surface area contributed by atoms with Crippen molar-refractivity contribution in [3.8, 4) is 17.4 Å². The third-order valence-electron chi connectivity index (χ3n) is 5.54. The molecule has 1 aromatic carbocycles. The van der Waals surface area contributed by atoms with Crippen LogP contribution in [0, 0.1) is 0 Å². The molecule has 1 saturated heterocycles. The van der Waals surface area contributed by atoms with Crippen molar-refractivity contribution in [2.45, 2.75) is 12.6 Å². The van der Waals surface area contributed by atoms with E-state index in [1.54, 1.807) is 7.11 Å². The minimum atomic E-state index is -4.83. The third kappa shape index (κ3) is 4.75. The lowest BCUT2D eigenvalue weighted by atomic mass is 10.2. The summed E-state index contributed by atoms with van der Waals surface area (Å²) in [7, 11) is 2.95. The summed E-state index contributed by atoms with van der Waals surface area (Å²) in [4.78, 5) is 16.7.